The molecule has 1 aliphatic heterocycles. The summed E-state index contributed by atoms with van der Waals surface area (Å²) in [7, 11) is 5.18. The zero-order chi connectivity index (χ0) is 21.2. The topological polar surface area (TPSA) is 67.4 Å². The van der Waals surface area contributed by atoms with Crippen LogP contribution in [-0.4, -0.2) is 59.6 Å². The molecule has 0 aliphatic carbocycles. The number of ether oxygens (including phenoxy) is 3. The molecule has 1 atom stereocenters. The van der Waals surface area contributed by atoms with Gasteiger partial charge in [-0.25, -0.2) is 0 Å². The minimum Gasteiger partial charge on any atom is -0.495 e. The lowest BCUT2D eigenvalue weighted by Crippen LogP contribution is -2.44. The highest BCUT2D eigenvalue weighted by atomic mass is 16.5. The zero-order valence-electron chi connectivity index (χ0n) is 18.1. The molecule has 1 unspecified atom stereocenters. The van der Waals surface area contributed by atoms with Crippen LogP contribution in [-0.2, 0) is 11.3 Å². The van der Waals surface area contributed by atoms with E-state index in [9.17, 15) is 0 Å². The normalized spacial score (nSPS) is 16.4. The summed E-state index contributed by atoms with van der Waals surface area (Å²) in [6.07, 6.45) is 1.04. The standard InChI is InChI=1S/C23H32N4O3/c1-24-23(25-16-18-7-6-8-20(15-18)30-14-13-28-2)26-19-11-12-27(17-19)21-9-4-5-10-22(21)29-3/h4-10,15,19H,11-14,16-17H2,1-3H3,(H2,24,25,26). The number of nitrogens with zero attached hydrogens (tertiary/aromatic N) is 2. The molecule has 0 bridgehead atoms. The Balaban J connectivity index is 1.50. The number of nitrogens with one attached hydrogen (secondary N) is 2. The summed E-state index contributed by atoms with van der Waals surface area (Å²) in [5, 5.41) is 6.94. The van der Waals surface area contributed by atoms with E-state index in [1.807, 2.05) is 36.4 Å². The number of hydrogen-bond acceptors (Lipinski definition) is 5. The van der Waals surface area contributed by atoms with Crippen LogP contribution in [0, 0.1) is 0 Å². The van der Waals surface area contributed by atoms with Crippen molar-refractivity contribution >= 4 is 11.6 Å². The quantitative estimate of drug-likeness (QED) is 0.375. The number of benzene rings is 2. The molecule has 1 aliphatic rings. The van der Waals surface area contributed by atoms with Crippen LogP contribution in [0.3, 0.4) is 0 Å². The monoisotopic (exact) mass is 412 g/mol. The Morgan fingerprint density at radius 3 is 2.80 bits per heavy atom. The first-order chi connectivity index (χ1) is 14.7. The Bertz CT molecular complexity index is 828. The van der Waals surface area contributed by atoms with Crippen LogP contribution < -0.4 is 25.0 Å². The van der Waals surface area contributed by atoms with Crippen LogP contribution in [0.25, 0.3) is 0 Å². The largest absolute Gasteiger partial charge is 0.495 e. The fourth-order valence-corrected chi connectivity index (χ4v) is 3.55. The molecule has 7 nitrogen and oxygen atoms in total. The first kappa shape index (κ1) is 21.8. The van der Waals surface area contributed by atoms with Gasteiger partial charge in [0.2, 0.25) is 0 Å². The van der Waals surface area contributed by atoms with Gasteiger partial charge in [-0.3, -0.25) is 4.99 Å². The van der Waals surface area contributed by atoms with Gasteiger partial charge in [0.1, 0.15) is 18.1 Å². The third-order valence-corrected chi connectivity index (χ3v) is 5.09. The summed E-state index contributed by atoms with van der Waals surface area (Å²) in [5.41, 5.74) is 2.27. The highest BCUT2D eigenvalue weighted by Gasteiger charge is 2.25. The maximum atomic E-state index is 5.69. The lowest BCUT2D eigenvalue weighted by molar-refractivity contribution is 0.146. The van der Waals surface area contributed by atoms with E-state index in [2.05, 4.69) is 32.7 Å². The Hall–Kier alpha value is -2.93. The van der Waals surface area contributed by atoms with Gasteiger partial charge in [0.25, 0.3) is 0 Å². The number of anilines is 1. The Kier molecular flexibility index (Phi) is 8.20. The van der Waals surface area contributed by atoms with Gasteiger partial charge in [0.15, 0.2) is 5.96 Å². The molecular formula is C23H32N4O3. The van der Waals surface area contributed by atoms with E-state index in [1.165, 1.54) is 0 Å². The van der Waals surface area contributed by atoms with Crippen LogP contribution in [0.15, 0.2) is 53.5 Å². The van der Waals surface area contributed by atoms with E-state index < -0.39 is 0 Å². The van der Waals surface area contributed by atoms with Crippen LogP contribution in [0.2, 0.25) is 0 Å². The number of para-hydroxylation sites is 2. The van der Waals surface area contributed by atoms with Crippen LogP contribution >= 0.6 is 0 Å². The minimum absolute atomic E-state index is 0.324. The van der Waals surface area contributed by atoms with Crippen molar-refractivity contribution in [2.24, 2.45) is 4.99 Å². The molecule has 0 saturated carbocycles. The van der Waals surface area contributed by atoms with Gasteiger partial charge in [-0.15, -0.1) is 0 Å². The van der Waals surface area contributed by atoms with Crippen LogP contribution in [0.1, 0.15) is 12.0 Å². The maximum absolute atomic E-state index is 5.69. The Morgan fingerprint density at radius 1 is 1.13 bits per heavy atom. The summed E-state index contributed by atoms with van der Waals surface area (Å²) < 4.78 is 16.2. The molecule has 2 N–H and O–H groups in total. The summed E-state index contributed by atoms with van der Waals surface area (Å²) in [6, 6.07) is 16.5. The number of guanidine groups is 1. The molecule has 0 radical (unpaired) electrons. The van der Waals surface area contributed by atoms with E-state index in [4.69, 9.17) is 14.2 Å². The van der Waals surface area contributed by atoms with Gasteiger partial charge >= 0.3 is 0 Å². The van der Waals surface area contributed by atoms with Crippen LogP contribution in [0.4, 0.5) is 5.69 Å². The highest BCUT2D eigenvalue weighted by Crippen LogP contribution is 2.30. The minimum atomic E-state index is 0.324. The molecule has 30 heavy (non-hydrogen) atoms. The second-order valence-electron chi connectivity index (χ2n) is 7.16. The van der Waals surface area contributed by atoms with Gasteiger partial charge in [-0.05, 0) is 36.2 Å². The second-order valence-corrected chi connectivity index (χ2v) is 7.16. The van der Waals surface area contributed by atoms with Crippen molar-refractivity contribution in [3.63, 3.8) is 0 Å². The number of aliphatic imine (C=N–C) groups is 1. The van der Waals surface area contributed by atoms with Crippen molar-refractivity contribution in [1.82, 2.24) is 10.6 Å². The fourth-order valence-electron chi connectivity index (χ4n) is 3.55. The number of hydrogen-bond donors (Lipinski definition) is 2. The fraction of sp³-hybridized carbons (Fsp3) is 0.435. The maximum Gasteiger partial charge on any atom is 0.191 e. The lowest BCUT2D eigenvalue weighted by atomic mass is 10.2. The summed E-state index contributed by atoms with van der Waals surface area (Å²) >= 11 is 0. The highest BCUT2D eigenvalue weighted by molar-refractivity contribution is 5.80. The third kappa shape index (κ3) is 6.03. The third-order valence-electron chi connectivity index (χ3n) is 5.09. The van der Waals surface area contributed by atoms with E-state index in [1.54, 1.807) is 21.3 Å². The van der Waals surface area contributed by atoms with Crippen molar-refractivity contribution in [1.29, 1.82) is 0 Å². The smallest absolute Gasteiger partial charge is 0.191 e. The van der Waals surface area contributed by atoms with Crippen molar-refractivity contribution in [2.45, 2.75) is 19.0 Å². The lowest BCUT2D eigenvalue weighted by Gasteiger charge is -2.22. The summed E-state index contributed by atoms with van der Waals surface area (Å²) in [4.78, 5) is 6.74. The first-order valence-corrected chi connectivity index (χ1v) is 10.3. The van der Waals surface area contributed by atoms with Crippen molar-refractivity contribution in [3.8, 4) is 11.5 Å². The first-order valence-electron chi connectivity index (χ1n) is 10.3. The van der Waals surface area contributed by atoms with Gasteiger partial charge in [0.05, 0.1) is 19.4 Å². The van der Waals surface area contributed by atoms with Crippen molar-refractivity contribution < 1.29 is 14.2 Å². The molecule has 0 amide bonds. The molecule has 3 rings (SSSR count). The Morgan fingerprint density at radius 2 is 2.00 bits per heavy atom. The van der Waals surface area contributed by atoms with Crippen molar-refractivity contribution in [2.75, 3.05) is 52.5 Å². The van der Waals surface area contributed by atoms with Gasteiger partial charge in [0, 0.05) is 39.8 Å². The molecule has 1 saturated heterocycles. The zero-order valence-corrected chi connectivity index (χ0v) is 18.1. The average molecular weight is 413 g/mol. The second kappa shape index (κ2) is 11.3. The van der Waals surface area contributed by atoms with E-state index in [0.717, 1.165) is 48.2 Å². The van der Waals surface area contributed by atoms with Gasteiger partial charge < -0.3 is 29.7 Å². The predicted octanol–water partition coefficient (Wildman–Crippen LogP) is 2.66. The molecule has 2 aromatic rings. The van der Waals surface area contributed by atoms with E-state index >= 15 is 0 Å². The van der Waals surface area contributed by atoms with Crippen LogP contribution in [0.5, 0.6) is 11.5 Å². The SMILES string of the molecule is CN=C(NCc1cccc(OCCOC)c1)NC1CCN(c2ccccc2OC)C1. The summed E-state index contributed by atoms with van der Waals surface area (Å²) in [5.74, 6) is 2.55. The number of methoxy groups -OCH3 is 2. The van der Waals surface area contributed by atoms with E-state index in [0.29, 0.717) is 25.8 Å². The predicted molar refractivity (Wildman–Crippen MR) is 121 cm³/mol. The number of rotatable bonds is 9. The molecule has 2 aromatic carbocycles. The molecule has 1 heterocycles. The molecule has 1 fully saturated rings. The average Bonchev–Trinajstić information content (AvgIpc) is 3.25. The van der Waals surface area contributed by atoms with Crippen molar-refractivity contribution in [3.05, 3.63) is 54.1 Å². The molecular weight excluding hydrogens is 380 g/mol. The van der Waals surface area contributed by atoms with E-state index in [-0.39, 0.29) is 0 Å². The molecule has 0 aromatic heterocycles. The summed E-state index contributed by atoms with van der Waals surface area (Å²) in [6.45, 7) is 3.68. The molecule has 162 valence electrons. The molecule has 7 heteroatoms. The van der Waals surface area contributed by atoms with Gasteiger partial charge in [-0.2, -0.15) is 0 Å². The Labute approximate surface area is 179 Å². The van der Waals surface area contributed by atoms with Gasteiger partial charge in [-0.1, -0.05) is 24.3 Å². The molecule has 0 spiro atoms.